The first-order chi connectivity index (χ1) is 13.7. The molecule has 0 saturated heterocycles. The first-order valence-electron chi connectivity index (χ1n) is 9.39. The molecule has 0 spiro atoms. The van der Waals surface area contributed by atoms with E-state index in [0.29, 0.717) is 6.61 Å². The lowest BCUT2D eigenvalue weighted by atomic mass is 10.0. The Morgan fingerprint density at radius 3 is 2.18 bits per heavy atom. The van der Waals surface area contributed by atoms with E-state index in [0.717, 1.165) is 29.1 Å². The molecule has 0 aliphatic heterocycles. The summed E-state index contributed by atoms with van der Waals surface area (Å²) in [4.78, 5) is 5.54. The highest BCUT2D eigenvalue weighted by Gasteiger charge is 2.13. The van der Waals surface area contributed by atoms with Gasteiger partial charge in [0.1, 0.15) is 12.4 Å². The van der Waals surface area contributed by atoms with Crippen molar-refractivity contribution >= 4 is 11.4 Å². The highest BCUT2D eigenvalue weighted by Crippen LogP contribution is 2.25. The van der Waals surface area contributed by atoms with Gasteiger partial charge < -0.3 is 14.9 Å². The highest BCUT2D eigenvalue weighted by molar-refractivity contribution is 5.82. The van der Waals surface area contributed by atoms with Crippen LogP contribution in [0.4, 0.5) is 5.69 Å². The summed E-state index contributed by atoms with van der Waals surface area (Å²) in [5, 5.41) is 7.90. The van der Waals surface area contributed by atoms with E-state index in [4.69, 9.17) is 9.57 Å². The van der Waals surface area contributed by atoms with E-state index < -0.39 is 0 Å². The third-order valence-electron chi connectivity index (χ3n) is 4.43. The molecule has 3 aromatic rings. The zero-order valence-electron chi connectivity index (χ0n) is 16.3. The van der Waals surface area contributed by atoms with Crippen molar-refractivity contribution in [3.8, 4) is 5.75 Å². The molecular weight excluding hydrogens is 348 g/mol. The molecule has 4 nitrogen and oxygen atoms in total. The second-order valence-corrected chi connectivity index (χ2v) is 6.63. The number of methoxy groups -OCH3 is 1. The Labute approximate surface area is 166 Å². The lowest BCUT2D eigenvalue weighted by Gasteiger charge is -2.20. The van der Waals surface area contributed by atoms with Crippen LogP contribution in [0.1, 0.15) is 30.5 Å². The van der Waals surface area contributed by atoms with E-state index in [1.807, 2.05) is 67.6 Å². The fourth-order valence-corrected chi connectivity index (χ4v) is 2.95. The van der Waals surface area contributed by atoms with Gasteiger partial charge in [-0.25, -0.2) is 0 Å². The van der Waals surface area contributed by atoms with Crippen molar-refractivity contribution in [2.24, 2.45) is 5.16 Å². The SMILES string of the molecule is COc1ccc(NC(C/C(C)=N/OCc2ccccc2)c2ccccc2)cc1. The number of oxime groups is 1. The van der Waals surface area contributed by atoms with Crippen LogP contribution in [0.2, 0.25) is 0 Å². The van der Waals surface area contributed by atoms with Crippen LogP contribution in [0.3, 0.4) is 0 Å². The molecule has 0 aliphatic rings. The van der Waals surface area contributed by atoms with E-state index >= 15 is 0 Å². The summed E-state index contributed by atoms with van der Waals surface area (Å²) in [5.41, 5.74) is 4.28. The third kappa shape index (κ3) is 5.88. The van der Waals surface area contributed by atoms with Gasteiger partial charge >= 0.3 is 0 Å². The third-order valence-corrected chi connectivity index (χ3v) is 4.43. The second kappa shape index (κ2) is 10.2. The topological polar surface area (TPSA) is 42.8 Å². The molecule has 0 saturated carbocycles. The van der Waals surface area contributed by atoms with Crippen molar-refractivity contribution in [2.45, 2.75) is 26.0 Å². The molecular formula is C24H26N2O2. The molecule has 0 radical (unpaired) electrons. The molecule has 3 aromatic carbocycles. The van der Waals surface area contributed by atoms with Crippen molar-refractivity contribution in [1.29, 1.82) is 0 Å². The normalized spacial score (nSPS) is 12.3. The van der Waals surface area contributed by atoms with E-state index in [9.17, 15) is 0 Å². The monoisotopic (exact) mass is 374 g/mol. The Bertz CT molecular complexity index is 862. The molecule has 1 unspecified atom stereocenters. The van der Waals surface area contributed by atoms with Crippen molar-refractivity contribution < 1.29 is 9.57 Å². The molecule has 4 heteroatoms. The molecule has 144 valence electrons. The minimum Gasteiger partial charge on any atom is -0.497 e. The van der Waals surface area contributed by atoms with Gasteiger partial charge in [-0.05, 0) is 42.3 Å². The molecule has 28 heavy (non-hydrogen) atoms. The first kappa shape index (κ1) is 19.5. The van der Waals surface area contributed by atoms with Crippen LogP contribution in [0.15, 0.2) is 90.1 Å². The van der Waals surface area contributed by atoms with Gasteiger partial charge in [0.15, 0.2) is 0 Å². The minimum atomic E-state index is 0.0960. The smallest absolute Gasteiger partial charge is 0.142 e. The number of nitrogens with zero attached hydrogens (tertiary/aromatic N) is 1. The Kier molecular flexibility index (Phi) is 7.08. The quantitative estimate of drug-likeness (QED) is 0.378. The van der Waals surface area contributed by atoms with Gasteiger partial charge in [0.05, 0.1) is 18.9 Å². The average molecular weight is 374 g/mol. The summed E-state index contributed by atoms with van der Waals surface area (Å²) in [6.07, 6.45) is 0.741. The summed E-state index contributed by atoms with van der Waals surface area (Å²) < 4.78 is 5.24. The fourth-order valence-electron chi connectivity index (χ4n) is 2.95. The van der Waals surface area contributed by atoms with E-state index in [-0.39, 0.29) is 6.04 Å². The lowest BCUT2D eigenvalue weighted by molar-refractivity contribution is 0.129. The Hall–Kier alpha value is -3.27. The summed E-state index contributed by atoms with van der Waals surface area (Å²) >= 11 is 0. The van der Waals surface area contributed by atoms with Crippen molar-refractivity contribution in [3.63, 3.8) is 0 Å². The van der Waals surface area contributed by atoms with Crippen LogP contribution in [-0.4, -0.2) is 12.8 Å². The van der Waals surface area contributed by atoms with Crippen LogP contribution < -0.4 is 10.1 Å². The van der Waals surface area contributed by atoms with Crippen LogP contribution >= 0.6 is 0 Å². The van der Waals surface area contributed by atoms with Gasteiger partial charge in [-0.3, -0.25) is 0 Å². The number of anilines is 1. The maximum absolute atomic E-state index is 5.54. The molecule has 0 bridgehead atoms. The summed E-state index contributed by atoms with van der Waals surface area (Å²) in [7, 11) is 1.67. The Morgan fingerprint density at radius 1 is 0.893 bits per heavy atom. The predicted molar refractivity (Wildman–Crippen MR) is 115 cm³/mol. The van der Waals surface area contributed by atoms with E-state index in [1.165, 1.54) is 5.56 Å². The Morgan fingerprint density at radius 2 is 1.54 bits per heavy atom. The van der Waals surface area contributed by atoms with Gasteiger partial charge in [-0.15, -0.1) is 0 Å². The molecule has 0 amide bonds. The number of benzene rings is 3. The van der Waals surface area contributed by atoms with Crippen molar-refractivity contribution in [3.05, 3.63) is 96.1 Å². The van der Waals surface area contributed by atoms with Crippen LogP contribution in [-0.2, 0) is 11.4 Å². The maximum atomic E-state index is 5.54. The Balaban J connectivity index is 1.67. The fraction of sp³-hybridized carbons (Fsp3) is 0.208. The van der Waals surface area contributed by atoms with Crippen LogP contribution in [0, 0.1) is 0 Å². The zero-order valence-corrected chi connectivity index (χ0v) is 16.3. The number of rotatable bonds is 9. The molecule has 0 heterocycles. The van der Waals surface area contributed by atoms with E-state index in [1.54, 1.807) is 7.11 Å². The molecule has 0 aliphatic carbocycles. The van der Waals surface area contributed by atoms with Gasteiger partial charge in [-0.1, -0.05) is 65.8 Å². The van der Waals surface area contributed by atoms with E-state index in [2.05, 4.69) is 34.7 Å². The van der Waals surface area contributed by atoms with Gasteiger partial charge in [0.2, 0.25) is 0 Å². The number of ether oxygens (including phenoxy) is 1. The van der Waals surface area contributed by atoms with Gasteiger partial charge in [-0.2, -0.15) is 0 Å². The standard InChI is InChI=1S/C24H26N2O2/c1-19(26-28-18-20-9-5-3-6-10-20)17-24(21-11-7-4-8-12-21)25-22-13-15-23(27-2)16-14-22/h3-16,24-25H,17-18H2,1-2H3/b26-19+. The van der Waals surface area contributed by atoms with Crippen LogP contribution in [0.25, 0.3) is 0 Å². The lowest BCUT2D eigenvalue weighted by Crippen LogP contribution is -2.14. The minimum absolute atomic E-state index is 0.0960. The van der Waals surface area contributed by atoms with Crippen molar-refractivity contribution in [2.75, 3.05) is 12.4 Å². The zero-order chi connectivity index (χ0) is 19.6. The average Bonchev–Trinajstić information content (AvgIpc) is 2.75. The van der Waals surface area contributed by atoms with Crippen LogP contribution in [0.5, 0.6) is 5.75 Å². The molecule has 3 rings (SSSR count). The predicted octanol–water partition coefficient (Wildman–Crippen LogP) is 5.83. The summed E-state index contributed by atoms with van der Waals surface area (Å²) in [6.45, 7) is 2.47. The number of hydrogen-bond donors (Lipinski definition) is 1. The molecule has 1 atom stereocenters. The highest BCUT2D eigenvalue weighted by atomic mass is 16.6. The number of nitrogens with one attached hydrogen (secondary N) is 1. The molecule has 0 fully saturated rings. The first-order valence-corrected chi connectivity index (χ1v) is 9.39. The second-order valence-electron chi connectivity index (χ2n) is 6.63. The molecule has 0 aromatic heterocycles. The van der Waals surface area contributed by atoms with Gasteiger partial charge in [0.25, 0.3) is 0 Å². The molecule has 1 N–H and O–H groups in total. The maximum Gasteiger partial charge on any atom is 0.142 e. The largest absolute Gasteiger partial charge is 0.497 e. The van der Waals surface area contributed by atoms with Crippen molar-refractivity contribution in [1.82, 2.24) is 0 Å². The summed E-state index contributed by atoms with van der Waals surface area (Å²) in [6, 6.07) is 28.5. The summed E-state index contributed by atoms with van der Waals surface area (Å²) in [5.74, 6) is 0.842. The number of hydrogen-bond acceptors (Lipinski definition) is 4. The van der Waals surface area contributed by atoms with Gasteiger partial charge in [0, 0.05) is 12.1 Å².